The topological polar surface area (TPSA) is 105 Å². The molecule has 3 aliphatic heterocycles. The summed E-state index contributed by atoms with van der Waals surface area (Å²) in [4.78, 5) is 20.8. The van der Waals surface area contributed by atoms with Crippen molar-refractivity contribution in [2.24, 2.45) is 0 Å². The number of nitrogens with zero attached hydrogens (tertiary/aromatic N) is 6. The number of halogens is 5. The molecule has 4 atom stereocenters. The molecule has 214 valence electrons. The second kappa shape index (κ2) is 9.91. The van der Waals surface area contributed by atoms with E-state index < -0.39 is 35.1 Å². The first kappa shape index (κ1) is 26.8. The van der Waals surface area contributed by atoms with Crippen LogP contribution < -0.4 is 20.7 Å². The molecule has 0 saturated carbocycles. The molecule has 3 N–H and O–H groups in total. The highest BCUT2D eigenvalue weighted by Crippen LogP contribution is 2.40. The van der Waals surface area contributed by atoms with E-state index in [0.717, 1.165) is 25.0 Å². The first-order chi connectivity index (χ1) is 19.0. The summed E-state index contributed by atoms with van der Waals surface area (Å²) in [5.41, 5.74) is 3.05. The fourth-order valence-corrected chi connectivity index (χ4v) is 6.04. The number of rotatable bonds is 5. The summed E-state index contributed by atoms with van der Waals surface area (Å²) in [5, 5.41) is 3.76. The zero-order valence-electron chi connectivity index (χ0n) is 22.0. The summed E-state index contributed by atoms with van der Waals surface area (Å²) in [6.07, 6.45) is -3.51. The molecule has 3 aromatic heterocycles. The number of aromatic nitrogens is 4. The molecule has 0 aliphatic carbocycles. The van der Waals surface area contributed by atoms with Crippen LogP contribution in [0.2, 0.25) is 0 Å². The third-order valence-corrected chi connectivity index (χ3v) is 7.90. The minimum atomic E-state index is -4.82. The maximum Gasteiger partial charge on any atom is 0.418 e. The van der Waals surface area contributed by atoms with E-state index in [1.54, 1.807) is 7.05 Å². The van der Waals surface area contributed by atoms with Crippen LogP contribution in [0.1, 0.15) is 30.4 Å². The molecule has 3 saturated heterocycles. The van der Waals surface area contributed by atoms with Crippen molar-refractivity contribution in [2.75, 3.05) is 43.9 Å². The Balaban J connectivity index is 1.46. The van der Waals surface area contributed by atoms with E-state index in [1.165, 1.54) is 6.92 Å². The van der Waals surface area contributed by atoms with Gasteiger partial charge in [-0.25, -0.2) is 18.7 Å². The van der Waals surface area contributed by atoms with Gasteiger partial charge in [-0.05, 0) is 50.9 Å². The normalized spacial score (nSPS) is 25.2. The highest BCUT2D eigenvalue weighted by Gasteiger charge is 2.39. The Morgan fingerprint density at radius 2 is 1.77 bits per heavy atom. The molecule has 3 aromatic rings. The van der Waals surface area contributed by atoms with Gasteiger partial charge in [-0.15, -0.1) is 0 Å². The van der Waals surface area contributed by atoms with E-state index in [0.29, 0.717) is 31.9 Å². The fourth-order valence-electron chi connectivity index (χ4n) is 6.04. The largest absolute Gasteiger partial charge is 0.462 e. The van der Waals surface area contributed by atoms with Crippen molar-refractivity contribution in [2.45, 2.75) is 56.7 Å². The van der Waals surface area contributed by atoms with Crippen molar-refractivity contribution in [1.82, 2.24) is 30.2 Å². The predicted molar refractivity (Wildman–Crippen MR) is 138 cm³/mol. The number of pyridine rings is 2. The average molecular weight is 565 g/mol. The molecular formula is C26H29F5N8O. The van der Waals surface area contributed by atoms with Gasteiger partial charge in [0.1, 0.15) is 35.8 Å². The summed E-state index contributed by atoms with van der Waals surface area (Å²) in [7, 11) is 1.80. The summed E-state index contributed by atoms with van der Waals surface area (Å²) in [6, 6.07) is 2.37. The summed E-state index contributed by atoms with van der Waals surface area (Å²) in [5.74, 6) is -0.821. The van der Waals surface area contributed by atoms with Gasteiger partial charge in [-0.1, -0.05) is 0 Å². The Morgan fingerprint density at radius 3 is 2.42 bits per heavy atom. The van der Waals surface area contributed by atoms with Crippen LogP contribution in [0.3, 0.4) is 0 Å². The lowest BCUT2D eigenvalue weighted by Gasteiger charge is -2.34. The average Bonchev–Trinajstić information content (AvgIpc) is 3.38. The number of piperazine rings is 1. The molecule has 0 amide bonds. The summed E-state index contributed by atoms with van der Waals surface area (Å²) >= 11 is 0. The van der Waals surface area contributed by atoms with Crippen molar-refractivity contribution in [3.63, 3.8) is 0 Å². The van der Waals surface area contributed by atoms with Crippen LogP contribution in [-0.4, -0.2) is 82.4 Å². The zero-order valence-corrected chi connectivity index (χ0v) is 22.0. The number of likely N-dealkylation sites (tertiary alicyclic amines) is 1. The molecule has 0 aromatic carbocycles. The SMILES string of the molecule is Cc1cc(N)nc(-c2nc3nc(OC[C@@H]4C[C@@H](F)CN4C)nc(N4CC5CCC(C4)N5)c3cc2F)c1C(F)(F)F. The van der Waals surface area contributed by atoms with E-state index >= 15 is 4.39 Å². The second-order valence-electron chi connectivity index (χ2n) is 10.9. The minimum Gasteiger partial charge on any atom is -0.462 e. The first-order valence-electron chi connectivity index (χ1n) is 13.2. The van der Waals surface area contributed by atoms with Crippen LogP contribution in [0.25, 0.3) is 22.4 Å². The summed E-state index contributed by atoms with van der Waals surface area (Å²) < 4.78 is 77.4. The van der Waals surface area contributed by atoms with Crippen LogP contribution in [0.5, 0.6) is 6.01 Å². The van der Waals surface area contributed by atoms with Crippen molar-refractivity contribution >= 4 is 22.7 Å². The lowest BCUT2D eigenvalue weighted by Crippen LogP contribution is -2.51. The maximum absolute atomic E-state index is 15.6. The smallest absolute Gasteiger partial charge is 0.418 e. The van der Waals surface area contributed by atoms with E-state index in [9.17, 15) is 17.6 Å². The van der Waals surface area contributed by atoms with Gasteiger partial charge in [-0.3, -0.25) is 4.90 Å². The molecule has 2 unspecified atom stereocenters. The van der Waals surface area contributed by atoms with Crippen molar-refractivity contribution in [3.05, 3.63) is 29.1 Å². The predicted octanol–water partition coefficient (Wildman–Crippen LogP) is 3.50. The minimum absolute atomic E-state index is 0.0413. The number of hydrogen-bond acceptors (Lipinski definition) is 9. The molecule has 9 nitrogen and oxygen atoms in total. The maximum atomic E-state index is 15.6. The molecule has 0 radical (unpaired) electrons. The highest BCUT2D eigenvalue weighted by atomic mass is 19.4. The molecule has 2 bridgehead atoms. The summed E-state index contributed by atoms with van der Waals surface area (Å²) in [6.45, 7) is 2.84. The van der Waals surface area contributed by atoms with Crippen molar-refractivity contribution in [3.8, 4) is 17.4 Å². The van der Waals surface area contributed by atoms with Gasteiger partial charge in [0.2, 0.25) is 0 Å². The number of nitrogens with two attached hydrogens (primary N) is 1. The monoisotopic (exact) mass is 564 g/mol. The van der Waals surface area contributed by atoms with Gasteiger partial charge in [-0.2, -0.15) is 23.1 Å². The van der Waals surface area contributed by atoms with E-state index in [-0.39, 0.29) is 53.2 Å². The van der Waals surface area contributed by atoms with Gasteiger partial charge < -0.3 is 20.7 Å². The molecular weight excluding hydrogens is 535 g/mol. The van der Waals surface area contributed by atoms with Crippen LogP contribution in [-0.2, 0) is 6.18 Å². The molecule has 6 rings (SSSR count). The molecule has 3 fully saturated rings. The Hall–Kier alpha value is -3.39. The number of anilines is 2. The lowest BCUT2D eigenvalue weighted by molar-refractivity contribution is -0.137. The fraction of sp³-hybridized carbons (Fsp3) is 0.538. The number of nitrogen functional groups attached to an aromatic ring is 1. The Morgan fingerprint density at radius 1 is 1.05 bits per heavy atom. The third kappa shape index (κ3) is 4.98. The molecule has 0 spiro atoms. The third-order valence-electron chi connectivity index (χ3n) is 7.90. The number of aryl methyl sites for hydroxylation is 1. The first-order valence-corrected chi connectivity index (χ1v) is 13.2. The zero-order chi connectivity index (χ0) is 28.3. The van der Waals surface area contributed by atoms with E-state index in [1.807, 2.05) is 9.80 Å². The van der Waals surface area contributed by atoms with Crippen LogP contribution in [0.4, 0.5) is 33.6 Å². The number of ether oxygens (including phenoxy) is 1. The van der Waals surface area contributed by atoms with Crippen molar-refractivity contribution < 1.29 is 26.7 Å². The number of nitrogens with one attached hydrogen (secondary N) is 1. The van der Waals surface area contributed by atoms with Crippen LogP contribution >= 0.6 is 0 Å². The lowest BCUT2D eigenvalue weighted by atomic mass is 10.0. The Kier molecular flexibility index (Phi) is 6.64. The van der Waals surface area contributed by atoms with Gasteiger partial charge in [0, 0.05) is 37.8 Å². The Bertz CT molecular complexity index is 1440. The molecule has 3 aliphatic rings. The molecule has 40 heavy (non-hydrogen) atoms. The van der Waals surface area contributed by atoms with Gasteiger partial charge in [0.05, 0.1) is 10.9 Å². The van der Waals surface area contributed by atoms with Crippen molar-refractivity contribution in [1.29, 1.82) is 0 Å². The van der Waals surface area contributed by atoms with Gasteiger partial charge in [0.25, 0.3) is 0 Å². The quantitative estimate of drug-likeness (QED) is 0.451. The molecule has 6 heterocycles. The van der Waals surface area contributed by atoms with E-state index in [2.05, 4.69) is 25.3 Å². The highest BCUT2D eigenvalue weighted by molar-refractivity contribution is 5.89. The number of fused-ring (bicyclic) bond motifs is 3. The van der Waals surface area contributed by atoms with Crippen LogP contribution in [0.15, 0.2) is 12.1 Å². The molecule has 14 heteroatoms. The Labute approximate surface area is 226 Å². The van der Waals surface area contributed by atoms with Gasteiger partial charge >= 0.3 is 12.2 Å². The number of hydrogen-bond donors (Lipinski definition) is 2. The van der Waals surface area contributed by atoms with Crippen LogP contribution in [0, 0.1) is 12.7 Å². The standard InChI is InChI=1S/C26H29F5N8O/c1-12-5-19(32)34-22(20(12)26(29,30)31)21-18(28)7-17-23(35-21)36-25(40-11-16-6-13(27)8-38(16)2)37-24(17)39-9-14-3-4-15(10-39)33-14/h5,7,13-16,33H,3-4,6,8-11H2,1-2H3,(H2,32,34)/t13-,14?,15?,16+/m1/s1. The van der Waals surface area contributed by atoms with Gasteiger partial charge in [0.15, 0.2) is 11.5 Å². The second-order valence-corrected chi connectivity index (χ2v) is 10.9. The van der Waals surface area contributed by atoms with E-state index in [4.69, 9.17) is 10.5 Å². The number of likely N-dealkylation sites (N-methyl/N-ethyl adjacent to an activating group) is 1. The number of alkyl halides is 4.